The van der Waals surface area contributed by atoms with E-state index in [4.69, 9.17) is 14.0 Å². The minimum atomic E-state index is -1.14. The van der Waals surface area contributed by atoms with E-state index in [0.717, 1.165) is 34.7 Å². The van der Waals surface area contributed by atoms with Crippen LogP contribution in [0.15, 0.2) is 18.3 Å². The quantitative estimate of drug-likeness (QED) is 0.477. The first-order valence-electron chi connectivity index (χ1n) is 11.2. The number of alkyl halides is 1. The molecule has 0 saturated carbocycles. The number of ether oxygens (including phenoxy) is 1. The number of aromatic nitrogens is 2. The standard InChI is InChI=1S/C22H35BFN3O3Si/c1-21(2)22(3,4)30-23(29-21)19-10-17(26-13-16(24)14-26)11-20-18(19)12-25-27(20)15-28-8-9-31(5,6)7/h10-12,16H,8-9,13-15H2,1-7H3. The van der Waals surface area contributed by atoms with Crippen LogP contribution in [0.2, 0.25) is 25.7 Å². The Hall–Kier alpha value is -1.42. The number of nitrogens with zero attached hydrogens (tertiary/aromatic N) is 3. The van der Waals surface area contributed by atoms with E-state index in [1.54, 1.807) is 0 Å². The van der Waals surface area contributed by atoms with Gasteiger partial charge < -0.3 is 18.9 Å². The van der Waals surface area contributed by atoms with E-state index in [9.17, 15) is 4.39 Å². The Morgan fingerprint density at radius 2 is 1.81 bits per heavy atom. The summed E-state index contributed by atoms with van der Waals surface area (Å²) < 4.78 is 34.1. The van der Waals surface area contributed by atoms with Crippen molar-refractivity contribution in [3.63, 3.8) is 0 Å². The van der Waals surface area contributed by atoms with Crippen molar-refractivity contribution in [2.45, 2.75) is 77.5 Å². The largest absolute Gasteiger partial charge is 0.495 e. The number of hydrogen-bond acceptors (Lipinski definition) is 5. The number of rotatable bonds is 7. The topological polar surface area (TPSA) is 48.8 Å². The van der Waals surface area contributed by atoms with E-state index in [2.05, 4.69) is 36.9 Å². The zero-order chi connectivity index (χ0) is 22.6. The van der Waals surface area contributed by atoms with Crippen LogP contribution in [0.3, 0.4) is 0 Å². The molecule has 2 fully saturated rings. The summed E-state index contributed by atoms with van der Waals surface area (Å²) >= 11 is 0. The minimum Gasteiger partial charge on any atom is -0.399 e. The Kier molecular flexibility index (Phi) is 5.78. The van der Waals surface area contributed by atoms with E-state index in [0.29, 0.717) is 19.8 Å². The predicted molar refractivity (Wildman–Crippen MR) is 127 cm³/mol. The lowest BCUT2D eigenvalue weighted by Gasteiger charge is -2.36. The average molecular weight is 447 g/mol. The Morgan fingerprint density at radius 3 is 2.39 bits per heavy atom. The first kappa shape index (κ1) is 22.8. The fourth-order valence-corrected chi connectivity index (χ4v) is 4.56. The van der Waals surface area contributed by atoms with Gasteiger partial charge in [-0.05, 0) is 51.3 Å². The highest BCUT2D eigenvalue weighted by molar-refractivity contribution is 6.76. The molecule has 0 atom stereocenters. The molecule has 3 heterocycles. The van der Waals surface area contributed by atoms with Gasteiger partial charge in [0.2, 0.25) is 0 Å². The SMILES string of the molecule is CC1(C)OB(c2cc(N3CC(F)C3)cc3c2cnn3COCC[Si](C)(C)C)OC1(C)C. The van der Waals surface area contributed by atoms with Gasteiger partial charge in [0, 0.05) is 25.8 Å². The number of halogens is 1. The molecule has 4 rings (SSSR count). The summed E-state index contributed by atoms with van der Waals surface area (Å²) in [4.78, 5) is 2.04. The summed E-state index contributed by atoms with van der Waals surface area (Å²) in [5, 5.41) is 5.57. The molecule has 31 heavy (non-hydrogen) atoms. The van der Waals surface area contributed by atoms with Crippen molar-refractivity contribution >= 4 is 37.2 Å². The molecule has 2 aromatic rings. The molecule has 0 aliphatic carbocycles. The van der Waals surface area contributed by atoms with Crippen LogP contribution in [0, 0.1) is 0 Å². The molecule has 0 amide bonds. The molecule has 0 radical (unpaired) electrons. The lowest BCUT2D eigenvalue weighted by atomic mass is 9.76. The fourth-order valence-electron chi connectivity index (χ4n) is 3.80. The van der Waals surface area contributed by atoms with Gasteiger partial charge in [0.05, 0.1) is 36.0 Å². The minimum absolute atomic E-state index is 0.395. The lowest BCUT2D eigenvalue weighted by Crippen LogP contribution is -2.49. The first-order valence-corrected chi connectivity index (χ1v) is 14.9. The fraction of sp³-hybridized carbons (Fsp3) is 0.682. The Labute approximate surface area is 186 Å². The highest BCUT2D eigenvalue weighted by Gasteiger charge is 2.52. The Bertz CT molecular complexity index is 937. The third-order valence-electron chi connectivity index (χ3n) is 6.70. The van der Waals surface area contributed by atoms with Crippen molar-refractivity contribution in [3.05, 3.63) is 18.3 Å². The molecule has 6 nitrogen and oxygen atoms in total. The number of benzene rings is 1. The summed E-state index contributed by atoms with van der Waals surface area (Å²) in [7, 11) is -1.64. The molecule has 0 unspecified atom stereocenters. The van der Waals surface area contributed by atoms with Crippen LogP contribution >= 0.6 is 0 Å². The number of fused-ring (bicyclic) bond motifs is 1. The zero-order valence-corrected chi connectivity index (χ0v) is 20.9. The van der Waals surface area contributed by atoms with Crippen LogP contribution in [0.1, 0.15) is 27.7 Å². The van der Waals surface area contributed by atoms with E-state index in [-0.39, 0.29) is 0 Å². The highest BCUT2D eigenvalue weighted by atomic mass is 28.3. The van der Waals surface area contributed by atoms with E-state index >= 15 is 0 Å². The van der Waals surface area contributed by atoms with Crippen molar-refractivity contribution in [2.75, 3.05) is 24.6 Å². The van der Waals surface area contributed by atoms with Gasteiger partial charge in [0.15, 0.2) is 0 Å². The third-order valence-corrected chi connectivity index (χ3v) is 8.40. The van der Waals surface area contributed by atoms with Gasteiger partial charge in [-0.15, -0.1) is 0 Å². The second kappa shape index (κ2) is 7.86. The van der Waals surface area contributed by atoms with Crippen LogP contribution in [0.5, 0.6) is 0 Å². The normalized spacial score (nSPS) is 21.2. The van der Waals surface area contributed by atoms with E-state index < -0.39 is 32.6 Å². The third kappa shape index (κ3) is 4.56. The molecule has 2 saturated heterocycles. The Morgan fingerprint density at radius 1 is 1.16 bits per heavy atom. The summed E-state index contributed by atoms with van der Waals surface area (Å²) in [5.74, 6) is 0. The molecule has 170 valence electrons. The van der Waals surface area contributed by atoms with Gasteiger partial charge in [-0.2, -0.15) is 5.10 Å². The van der Waals surface area contributed by atoms with Crippen molar-refractivity contribution in [2.24, 2.45) is 0 Å². The first-order chi connectivity index (χ1) is 14.4. The van der Waals surface area contributed by atoms with Crippen LogP contribution in [-0.2, 0) is 20.8 Å². The molecule has 0 bridgehead atoms. The van der Waals surface area contributed by atoms with Gasteiger partial charge in [0.25, 0.3) is 0 Å². The van der Waals surface area contributed by atoms with Crippen LogP contribution < -0.4 is 10.4 Å². The summed E-state index contributed by atoms with van der Waals surface area (Å²) in [6, 6.07) is 5.25. The maximum absolute atomic E-state index is 13.6. The molecule has 1 aromatic heterocycles. The van der Waals surface area contributed by atoms with E-state index in [1.807, 2.05) is 43.5 Å². The van der Waals surface area contributed by atoms with Gasteiger partial charge in [0.1, 0.15) is 12.9 Å². The van der Waals surface area contributed by atoms with Crippen molar-refractivity contribution in [1.29, 1.82) is 0 Å². The molecular formula is C22H35BFN3O3Si. The predicted octanol–water partition coefficient (Wildman–Crippen LogP) is 3.81. The van der Waals surface area contributed by atoms with Gasteiger partial charge in [-0.3, -0.25) is 0 Å². The second-order valence-electron chi connectivity index (χ2n) is 11.1. The number of hydrogen-bond donors (Lipinski definition) is 0. The van der Waals surface area contributed by atoms with Gasteiger partial charge in [-0.1, -0.05) is 19.6 Å². The maximum atomic E-state index is 13.6. The lowest BCUT2D eigenvalue weighted by molar-refractivity contribution is 0.00578. The molecule has 0 N–H and O–H groups in total. The highest BCUT2D eigenvalue weighted by Crippen LogP contribution is 2.37. The molecule has 2 aliphatic heterocycles. The zero-order valence-electron chi connectivity index (χ0n) is 19.9. The molecule has 9 heteroatoms. The molecule has 2 aliphatic rings. The summed E-state index contributed by atoms with van der Waals surface area (Å²) in [5.41, 5.74) is 1.99. The molecule has 1 aromatic carbocycles. The Balaban J connectivity index is 1.65. The maximum Gasteiger partial charge on any atom is 0.495 e. The van der Waals surface area contributed by atoms with Crippen LogP contribution in [-0.4, -0.2) is 62.0 Å². The van der Waals surface area contributed by atoms with Gasteiger partial charge >= 0.3 is 7.12 Å². The van der Waals surface area contributed by atoms with Gasteiger partial charge in [-0.25, -0.2) is 9.07 Å². The average Bonchev–Trinajstić information content (AvgIpc) is 3.12. The van der Waals surface area contributed by atoms with E-state index in [1.165, 1.54) is 0 Å². The molecule has 0 spiro atoms. The summed E-state index contributed by atoms with van der Waals surface area (Å²) in [6.07, 6.45) is 1.08. The van der Waals surface area contributed by atoms with Crippen molar-refractivity contribution in [1.82, 2.24) is 9.78 Å². The monoisotopic (exact) mass is 447 g/mol. The van der Waals surface area contributed by atoms with Crippen LogP contribution in [0.4, 0.5) is 10.1 Å². The molecular weight excluding hydrogens is 412 g/mol. The van der Waals surface area contributed by atoms with Crippen molar-refractivity contribution < 1.29 is 18.4 Å². The van der Waals surface area contributed by atoms with Crippen molar-refractivity contribution in [3.8, 4) is 0 Å². The number of anilines is 1. The summed E-state index contributed by atoms with van der Waals surface area (Å²) in [6.45, 7) is 17.2. The smallest absolute Gasteiger partial charge is 0.399 e. The van der Waals surface area contributed by atoms with Crippen LogP contribution in [0.25, 0.3) is 10.9 Å². The second-order valence-corrected chi connectivity index (χ2v) is 16.7.